The second-order valence-corrected chi connectivity index (χ2v) is 5.43. The van der Waals surface area contributed by atoms with Crippen molar-refractivity contribution in [3.63, 3.8) is 0 Å². The molecule has 8 heteroatoms. The highest BCUT2D eigenvalue weighted by Crippen LogP contribution is 2.37. The number of benzene rings is 1. The van der Waals surface area contributed by atoms with Crippen LogP contribution in [-0.4, -0.2) is 29.9 Å². The molecular formula is C22H37N5O2S. The molecule has 7 nitrogen and oxygen atoms in total. The fraction of sp³-hybridized carbons (Fsp3) is 0.500. The predicted octanol–water partition coefficient (Wildman–Crippen LogP) is 5.88. The third-order valence-corrected chi connectivity index (χ3v) is 3.41. The molecule has 1 aromatic heterocycles. The highest BCUT2D eigenvalue weighted by molar-refractivity contribution is 7.79. The van der Waals surface area contributed by atoms with Crippen LogP contribution >= 0.6 is 12.6 Å². The third kappa shape index (κ3) is 8.78. The normalized spacial score (nSPS) is 8.87. The Morgan fingerprint density at radius 1 is 1.13 bits per heavy atom. The number of nitrogens with two attached hydrogens (primary N) is 1. The van der Waals surface area contributed by atoms with E-state index >= 15 is 0 Å². The van der Waals surface area contributed by atoms with Crippen molar-refractivity contribution < 1.29 is 9.47 Å². The molecule has 3 N–H and O–H groups in total. The molecule has 0 saturated heterocycles. The van der Waals surface area contributed by atoms with Gasteiger partial charge < -0.3 is 20.5 Å². The molecule has 2 aromatic rings. The summed E-state index contributed by atoms with van der Waals surface area (Å²) in [6, 6.07) is 5.55. The monoisotopic (exact) mass is 435 g/mol. The second-order valence-electron chi connectivity index (χ2n) is 5.43. The molecule has 168 valence electrons. The van der Waals surface area contributed by atoms with Crippen molar-refractivity contribution in [3.05, 3.63) is 29.5 Å². The number of aromatic nitrogens is 2. The van der Waals surface area contributed by atoms with Gasteiger partial charge in [0.1, 0.15) is 17.6 Å². The van der Waals surface area contributed by atoms with Crippen LogP contribution in [0.5, 0.6) is 17.2 Å². The molecule has 0 atom stereocenters. The summed E-state index contributed by atoms with van der Waals surface area (Å²) in [6.45, 7) is 14.7. The van der Waals surface area contributed by atoms with Gasteiger partial charge in [-0.2, -0.15) is 22.9 Å². The van der Waals surface area contributed by atoms with Crippen molar-refractivity contribution in [1.82, 2.24) is 9.97 Å². The van der Waals surface area contributed by atoms with E-state index < -0.39 is 0 Å². The van der Waals surface area contributed by atoms with Gasteiger partial charge >= 0.3 is 0 Å². The fourth-order valence-electron chi connectivity index (χ4n) is 2.20. The first-order chi connectivity index (χ1) is 14.5. The lowest BCUT2D eigenvalue weighted by atomic mass is 9.99. The SMILES string of the molecule is CC.CC.CCNc1ncc(Oc2cc(C#N)c(OC)cc2C(C)C)c(N)n1.CS. The van der Waals surface area contributed by atoms with E-state index in [-0.39, 0.29) is 11.7 Å². The van der Waals surface area contributed by atoms with E-state index in [4.69, 9.17) is 15.2 Å². The van der Waals surface area contributed by atoms with E-state index in [1.807, 2.05) is 54.5 Å². The molecule has 2 rings (SSSR count). The number of hydrogen-bond donors (Lipinski definition) is 3. The quantitative estimate of drug-likeness (QED) is 0.486. The molecule has 0 saturated carbocycles. The Bertz CT molecular complexity index is 777. The van der Waals surface area contributed by atoms with Crippen molar-refractivity contribution in [3.8, 4) is 23.3 Å². The van der Waals surface area contributed by atoms with Crippen LogP contribution in [0.2, 0.25) is 0 Å². The standard InChI is InChI=1S/C17H21N5O2.2C2H6.CH4S/c1-5-20-17-21-9-15(16(19)22-17)24-14-6-11(8-18)13(23-4)7-12(14)10(2)3;3*1-2/h6-7,9-10H,5H2,1-4H3,(H3,19,20,21,22);2*1-2H3;2H,1H3. The molecule has 0 radical (unpaired) electrons. The van der Waals surface area contributed by atoms with E-state index in [1.165, 1.54) is 13.3 Å². The van der Waals surface area contributed by atoms with E-state index in [9.17, 15) is 5.26 Å². The molecule has 0 aliphatic heterocycles. The Kier molecular flexibility index (Phi) is 17.0. The van der Waals surface area contributed by atoms with Crippen LogP contribution in [0.3, 0.4) is 0 Å². The Morgan fingerprint density at radius 3 is 2.17 bits per heavy atom. The van der Waals surface area contributed by atoms with Gasteiger partial charge in [0.05, 0.1) is 18.9 Å². The molecule has 0 fully saturated rings. The van der Waals surface area contributed by atoms with E-state index in [0.717, 1.165) is 5.56 Å². The number of nitrogen functional groups attached to an aromatic ring is 1. The zero-order valence-electron chi connectivity index (χ0n) is 19.7. The maximum Gasteiger partial charge on any atom is 0.224 e. The summed E-state index contributed by atoms with van der Waals surface area (Å²) in [6.07, 6.45) is 3.21. The predicted molar refractivity (Wildman–Crippen MR) is 130 cm³/mol. The number of hydrogen-bond acceptors (Lipinski definition) is 8. The first-order valence-corrected chi connectivity index (χ1v) is 11.0. The van der Waals surface area contributed by atoms with Crippen LogP contribution in [-0.2, 0) is 0 Å². The average molecular weight is 436 g/mol. The number of nitriles is 1. The third-order valence-electron chi connectivity index (χ3n) is 3.41. The van der Waals surface area contributed by atoms with Crippen molar-refractivity contribution in [1.29, 1.82) is 5.26 Å². The Morgan fingerprint density at radius 2 is 1.73 bits per heavy atom. The van der Waals surface area contributed by atoms with Crippen LogP contribution in [0, 0.1) is 11.3 Å². The number of methoxy groups -OCH3 is 1. The minimum atomic E-state index is 0.171. The van der Waals surface area contributed by atoms with E-state index in [0.29, 0.717) is 35.3 Å². The first-order valence-electron chi connectivity index (χ1n) is 10.1. The molecule has 0 bridgehead atoms. The van der Waals surface area contributed by atoms with Gasteiger partial charge in [-0.3, -0.25) is 0 Å². The van der Waals surface area contributed by atoms with Gasteiger partial charge in [-0.25, -0.2) is 4.98 Å². The van der Waals surface area contributed by atoms with Gasteiger partial charge in [0.15, 0.2) is 11.6 Å². The van der Waals surface area contributed by atoms with Crippen LogP contribution < -0.4 is 20.5 Å². The van der Waals surface area contributed by atoms with Crippen molar-refractivity contribution in [2.75, 3.05) is 31.0 Å². The van der Waals surface area contributed by atoms with E-state index in [1.54, 1.807) is 12.3 Å². The van der Waals surface area contributed by atoms with Crippen LogP contribution in [0.4, 0.5) is 11.8 Å². The zero-order chi connectivity index (χ0) is 23.7. The lowest BCUT2D eigenvalue weighted by Gasteiger charge is -2.17. The molecule has 30 heavy (non-hydrogen) atoms. The molecule has 1 aromatic carbocycles. The number of rotatable bonds is 6. The van der Waals surface area contributed by atoms with Gasteiger partial charge in [-0.1, -0.05) is 41.5 Å². The minimum Gasteiger partial charge on any atom is -0.495 e. The highest BCUT2D eigenvalue weighted by Gasteiger charge is 2.16. The largest absolute Gasteiger partial charge is 0.495 e. The second kappa shape index (κ2) is 17.2. The number of ether oxygens (including phenoxy) is 2. The minimum absolute atomic E-state index is 0.171. The molecule has 1 heterocycles. The van der Waals surface area contributed by atoms with Crippen molar-refractivity contribution >= 4 is 24.4 Å². The Labute approximate surface area is 187 Å². The highest BCUT2D eigenvalue weighted by atomic mass is 32.1. The molecule has 0 spiro atoms. The number of nitrogens with one attached hydrogen (secondary N) is 1. The van der Waals surface area contributed by atoms with Gasteiger partial charge in [-0.15, -0.1) is 0 Å². The molecule has 0 unspecified atom stereocenters. The first kappa shape index (κ1) is 29.5. The van der Waals surface area contributed by atoms with E-state index in [2.05, 4.69) is 34.0 Å². The van der Waals surface area contributed by atoms with Crippen LogP contribution in [0.25, 0.3) is 0 Å². The van der Waals surface area contributed by atoms with Gasteiger partial charge in [-0.05, 0) is 25.2 Å². The summed E-state index contributed by atoms with van der Waals surface area (Å²) in [5.41, 5.74) is 7.24. The fourth-order valence-corrected chi connectivity index (χ4v) is 2.20. The average Bonchev–Trinajstić information content (AvgIpc) is 2.79. The lowest BCUT2D eigenvalue weighted by molar-refractivity contribution is 0.409. The topological polar surface area (TPSA) is 106 Å². The van der Waals surface area contributed by atoms with Crippen molar-refractivity contribution in [2.24, 2.45) is 0 Å². The summed E-state index contributed by atoms with van der Waals surface area (Å²) in [7, 11) is 1.53. The maximum absolute atomic E-state index is 9.28. The van der Waals surface area contributed by atoms with Gasteiger partial charge in [0, 0.05) is 18.2 Å². The molecule has 0 amide bonds. The smallest absolute Gasteiger partial charge is 0.224 e. The van der Waals surface area contributed by atoms with Crippen LogP contribution in [0.15, 0.2) is 18.3 Å². The zero-order valence-corrected chi connectivity index (χ0v) is 20.6. The lowest BCUT2D eigenvalue weighted by Crippen LogP contribution is -2.06. The number of thiol groups is 1. The summed E-state index contributed by atoms with van der Waals surface area (Å²) in [5.74, 6) is 2.23. The Balaban J connectivity index is 0. The van der Waals surface area contributed by atoms with Gasteiger partial charge in [0.25, 0.3) is 0 Å². The summed E-state index contributed by atoms with van der Waals surface area (Å²) < 4.78 is 11.2. The molecular weight excluding hydrogens is 398 g/mol. The molecule has 0 aliphatic carbocycles. The summed E-state index contributed by atoms with van der Waals surface area (Å²) in [4.78, 5) is 8.31. The Hall–Kier alpha value is -2.66. The molecule has 0 aliphatic rings. The maximum atomic E-state index is 9.28. The summed E-state index contributed by atoms with van der Waals surface area (Å²) >= 11 is 3.53. The van der Waals surface area contributed by atoms with Crippen molar-refractivity contribution in [2.45, 2.75) is 54.4 Å². The summed E-state index contributed by atoms with van der Waals surface area (Å²) in [5, 5.41) is 12.3. The van der Waals surface area contributed by atoms with Crippen LogP contribution in [0.1, 0.15) is 65.5 Å². The van der Waals surface area contributed by atoms with Gasteiger partial charge in [0.2, 0.25) is 5.95 Å². The number of nitrogens with zero attached hydrogens (tertiary/aromatic N) is 3. The number of anilines is 2.